The number of anilines is 1. The van der Waals surface area contributed by atoms with Gasteiger partial charge in [0.1, 0.15) is 0 Å². The molecule has 0 atom stereocenters. The normalized spacial score (nSPS) is 17.2. The molecule has 0 aromatic heterocycles. The van der Waals surface area contributed by atoms with E-state index in [0.29, 0.717) is 5.69 Å². The molecule has 1 aliphatic rings. The molecule has 4 nitrogen and oxygen atoms in total. The van der Waals surface area contributed by atoms with Crippen LogP contribution in [0.3, 0.4) is 0 Å². The third-order valence-electron chi connectivity index (χ3n) is 3.91. The van der Waals surface area contributed by atoms with Gasteiger partial charge in [-0.1, -0.05) is 0 Å². The largest absolute Gasteiger partial charge is 0.478 e. The fourth-order valence-electron chi connectivity index (χ4n) is 2.56. The third-order valence-corrected chi connectivity index (χ3v) is 4.68. The minimum atomic E-state index is -1.13. The number of halogens is 2. The van der Waals surface area contributed by atoms with Crippen molar-refractivity contribution in [1.29, 1.82) is 0 Å². The first kappa shape index (κ1) is 15.3. The Kier molecular flexibility index (Phi) is 4.65. The number of hydrogen-bond acceptors (Lipinski definition) is 3. The van der Waals surface area contributed by atoms with E-state index in [0.717, 1.165) is 25.9 Å². The van der Waals surface area contributed by atoms with E-state index in [-0.39, 0.29) is 16.1 Å². The molecule has 6 heteroatoms. The average molecular weight is 345 g/mol. The molecule has 0 unspecified atom stereocenters. The van der Waals surface area contributed by atoms with E-state index in [1.165, 1.54) is 6.07 Å². The number of carboxylic acids is 1. The summed E-state index contributed by atoms with van der Waals surface area (Å²) in [6, 6.07) is 3.27. The van der Waals surface area contributed by atoms with Gasteiger partial charge < -0.3 is 14.9 Å². The summed E-state index contributed by atoms with van der Waals surface area (Å²) in [5, 5.41) is 8.98. The van der Waals surface area contributed by atoms with Gasteiger partial charge in [0.2, 0.25) is 0 Å². The monoisotopic (exact) mass is 344 g/mol. The molecule has 0 radical (unpaired) electrons. The first-order valence-electron chi connectivity index (χ1n) is 6.54. The van der Waals surface area contributed by atoms with Gasteiger partial charge in [-0.2, -0.15) is 0 Å². The maximum Gasteiger partial charge on any atom is 0.336 e. The summed E-state index contributed by atoms with van der Waals surface area (Å²) < 4.78 is 14.4. The summed E-state index contributed by atoms with van der Waals surface area (Å²) in [6.07, 6.45) is 1.95. The second kappa shape index (κ2) is 6.10. The van der Waals surface area contributed by atoms with Gasteiger partial charge in [-0.15, -0.1) is 0 Å². The molecular formula is C14H18BrFN2O2. The van der Waals surface area contributed by atoms with Crippen LogP contribution in [0.4, 0.5) is 10.1 Å². The number of hydrogen-bond donors (Lipinski definition) is 1. The van der Waals surface area contributed by atoms with E-state index >= 15 is 0 Å². The highest BCUT2D eigenvalue weighted by molar-refractivity contribution is 9.10. The van der Waals surface area contributed by atoms with Crippen LogP contribution in [0.15, 0.2) is 16.6 Å². The molecule has 1 fully saturated rings. The summed E-state index contributed by atoms with van der Waals surface area (Å²) in [7, 11) is 3.94. The van der Waals surface area contributed by atoms with E-state index in [4.69, 9.17) is 5.11 Å². The Bertz CT molecular complexity index is 516. The molecule has 1 N–H and O–H groups in total. The Morgan fingerprint density at radius 2 is 2.05 bits per heavy atom. The van der Waals surface area contributed by atoms with Gasteiger partial charge in [0.25, 0.3) is 0 Å². The minimum Gasteiger partial charge on any atom is -0.478 e. The molecule has 20 heavy (non-hydrogen) atoms. The van der Waals surface area contributed by atoms with Gasteiger partial charge in [0, 0.05) is 13.1 Å². The van der Waals surface area contributed by atoms with Gasteiger partial charge in [-0.3, -0.25) is 0 Å². The lowest BCUT2D eigenvalue weighted by Gasteiger charge is -2.36. The number of carbonyl (C=O) groups is 1. The number of nitrogens with zero attached hydrogens (tertiary/aromatic N) is 2. The quantitative estimate of drug-likeness (QED) is 0.915. The van der Waals surface area contributed by atoms with Crippen molar-refractivity contribution in [1.82, 2.24) is 4.90 Å². The SMILES string of the molecule is CN1CCC(N(C)c2ccc(C(=O)O)c(Br)c2F)CC1. The van der Waals surface area contributed by atoms with Gasteiger partial charge in [0.15, 0.2) is 5.82 Å². The van der Waals surface area contributed by atoms with Gasteiger partial charge in [0.05, 0.1) is 15.7 Å². The van der Waals surface area contributed by atoms with Crippen LogP contribution in [0.25, 0.3) is 0 Å². The number of likely N-dealkylation sites (tertiary alicyclic amines) is 1. The number of piperidine rings is 1. The van der Waals surface area contributed by atoms with Crippen molar-refractivity contribution in [2.75, 3.05) is 32.1 Å². The highest BCUT2D eigenvalue weighted by Crippen LogP contribution is 2.31. The van der Waals surface area contributed by atoms with Crippen LogP contribution >= 0.6 is 15.9 Å². The second-order valence-corrected chi connectivity index (χ2v) is 6.00. The molecule has 0 amide bonds. The Morgan fingerprint density at radius 3 is 2.60 bits per heavy atom. The van der Waals surface area contributed by atoms with E-state index in [2.05, 4.69) is 27.9 Å². The zero-order valence-electron chi connectivity index (χ0n) is 11.6. The summed E-state index contributed by atoms with van der Waals surface area (Å²) in [6.45, 7) is 1.98. The molecule has 1 saturated heterocycles. The maximum atomic E-state index is 14.3. The lowest BCUT2D eigenvalue weighted by Crippen LogP contribution is -2.42. The van der Waals surface area contributed by atoms with Crippen LogP contribution in [-0.2, 0) is 0 Å². The van der Waals surface area contributed by atoms with Crippen molar-refractivity contribution in [3.8, 4) is 0 Å². The molecule has 2 rings (SSSR count). The average Bonchev–Trinajstić information content (AvgIpc) is 2.41. The first-order valence-corrected chi connectivity index (χ1v) is 7.33. The van der Waals surface area contributed by atoms with Crippen LogP contribution in [0.2, 0.25) is 0 Å². The molecule has 1 aliphatic heterocycles. The molecule has 1 heterocycles. The molecule has 0 spiro atoms. The highest BCUT2D eigenvalue weighted by atomic mass is 79.9. The van der Waals surface area contributed by atoms with Crippen molar-refractivity contribution in [2.24, 2.45) is 0 Å². The minimum absolute atomic E-state index is 0.0160. The van der Waals surface area contributed by atoms with Crippen LogP contribution in [0.5, 0.6) is 0 Å². The van der Waals surface area contributed by atoms with Gasteiger partial charge in [-0.25, -0.2) is 9.18 Å². The molecule has 1 aromatic rings. The molecule has 110 valence electrons. The molecule has 1 aromatic carbocycles. The Balaban J connectivity index is 2.24. The van der Waals surface area contributed by atoms with Crippen molar-refractivity contribution in [2.45, 2.75) is 18.9 Å². The van der Waals surface area contributed by atoms with Crippen molar-refractivity contribution in [3.63, 3.8) is 0 Å². The predicted molar refractivity (Wildman–Crippen MR) is 80.0 cm³/mol. The third kappa shape index (κ3) is 2.96. The maximum absolute atomic E-state index is 14.3. The summed E-state index contributed by atoms with van der Waals surface area (Å²) in [5.41, 5.74) is 0.388. The zero-order chi connectivity index (χ0) is 14.9. The predicted octanol–water partition coefficient (Wildman–Crippen LogP) is 2.82. The molecule has 0 bridgehead atoms. The van der Waals surface area contributed by atoms with Crippen LogP contribution in [-0.4, -0.2) is 49.2 Å². The standard InChI is InChI=1S/C14H18BrFN2O2/c1-17-7-5-9(6-8-17)18(2)11-4-3-10(14(19)20)12(15)13(11)16/h3-4,9H,5-8H2,1-2H3,(H,19,20). The fraction of sp³-hybridized carbons (Fsp3) is 0.500. The summed E-state index contributed by atoms with van der Waals surface area (Å²) in [4.78, 5) is 15.1. The zero-order valence-corrected chi connectivity index (χ0v) is 13.2. The van der Waals surface area contributed by atoms with E-state index in [1.54, 1.807) is 6.07 Å². The lowest BCUT2D eigenvalue weighted by molar-refractivity contribution is 0.0695. The number of aromatic carboxylic acids is 1. The van der Waals surface area contributed by atoms with Crippen LogP contribution in [0.1, 0.15) is 23.2 Å². The van der Waals surface area contributed by atoms with E-state index < -0.39 is 11.8 Å². The van der Waals surface area contributed by atoms with Gasteiger partial charge in [-0.05, 0) is 61.0 Å². The van der Waals surface area contributed by atoms with Crippen molar-refractivity contribution < 1.29 is 14.3 Å². The molecule has 0 aliphatic carbocycles. The number of benzene rings is 1. The molecule has 0 saturated carbocycles. The summed E-state index contributed by atoms with van der Waals surface area (Å²) in [5.74, 6) is -1.64. The van der Waals surface area contributed by atoms with E-state index in [1.807, 2.05) is 11.9 Å². The van der Waals surface area contributed by atoms with Crippen molar-refractivity contribution >= 4 is 27.6 Å². The smallest absolute Gasteiger partial charge is 0.336 e. The topological polar surface area (TPSA) is 43.8 Å². The highest BCUT2D eigenvalue weighted by Gasteiger charge is 2.24. The Hall–Kier alpha value is -1.14. The van der Waals surface area contributed by atoms with Crippen LogP contribution in [0, 0.1) is 5.82 Å². The first-order chi connectivity index (χ1) is 9.41. The Labute approximate surface area is 126 Å². The summed E-state index contributed by atoms with van der Waals surface area (Å²) >= 11 is 3.04. The van der Waals surface area contributed by atoms with Crippen molar-refractivity contribution in [3.05, 3.63) is 28.0 Å². The molecular weight excluding hydrogens is 327 g/mol. The lowest BCUT2D eigenvalue weighted by atomic mass is 10.0. The number of rotatable bonds is 3. The van der Waals surface area contributed by atoms with E-state index in [9.17, 15) is 9.18 Å². The number of carboxylic acid groups (broad SMARTS) is 1. The van der Waals surface area contributed by atoms with Crippen LogP contribution < -0.4 is 4.90 Å². The van der Waals surface area contributed by atoms with Gasteiger partial charge >= 0.3 is 5.97 Å². The fourth-order valence-corrected chi connectivity index (χ4v) is 3.06. The Morgan fingerprint density at radius 1 is 1.45 bits per heavy atom. The second-order valence-electron chi connectivity index (χ2n) is 5.21.